The van der Waals surface area contributed by atoms with Crippen LogP contribution in [0, 0.1) is 17.8 Å². The van der Waals surface area contributed by atoms with Gasteiger partial charge in [-0.1, -0.05) is 74.0 Å². The van der Waals surface area contributed by atoms with Crippen LogP contribution in [0.2, 0.25) is 0 Å². The first-order valence-corrected chi connectivity index (χ1v) is 20.2. The molecule has 0 aliphatic carbocycles. The Morgan fingerprint density at radius 3 is 1.89 bits per heavy atom. The normalized spacial score (nSPS) is 15.5. The molecule has 53 heavy (non-hydrogen) atoms. The van der Waals surface area contributed by atoms with Crippen LogP contribution in [0.5, 0.6) is 0 Å². The maximum atomic E-state index is 14.4. The van der Waals surface area contributed by atoms with Gasteiger partial charge >= 0.3 is 6.03 Å². The van der Waals surface area contributed by atoms with E-state index in [-0.39, 0.29) is 42.3 Å². The van der Waals surface area contributed by atoms with Crippen molar-refractivity contribution in [3.63, 3.8) is 0 Å². The number of rotatable bonds is 24. The highest BCUT2D eigenvalue weighted by Gasteiger charge is 2.41. The Kier molecular flexibility index (Phi) is 24.2. The predicted octanol–water partition coefficient (Wildman–Crippen LogP) is 2.95. The number of thioether (sulfide) groups is 1. The van der Waals surface area contributed by atoms with E-state index in [1.54, 1.807) is 13.8 Å². The van der Waals surface area contributed by atoms with Crippen LogP contribution in [-0.2, 0) is 24.0 Å². The van der Waals surface area contributed by atoms with Gasteiger partial charge in [0.25, 0.3) is 5.91 Å². The van der Waals surface area contributed by atoms with Crippen LogP contribution in [0.4, 0.5) is 4.79 Å². The molecule has 14 nitrogen and oxygen atoms in total. The monoisotopic (exact) mass is 770 g/mol. The van der Waals surface area contributed by atoms with Crippen molar-refractivity contribution in [2.45, 2.75) is 118 Å². The number of imide groups is 1. The summed E-state index contributed by atoms with van der Waals surface area (Å²) in [6.07, 6.45) is 3.89. The van der Waals surface area contributed by atoms with E-state index >= 15 is 0 Å². The van der Waals surface area contributed by atoms with E-state index in [9.17, 15) is 33.9 Å². The molecule has 0 heterocycles. The minimum absolute atomic E-state index is 0.0251. The first-order valence-electron chi connectivity index (χ1n) is 19.1. The van der Waals surface area contributed by atoms with Gasteiger partial charge in [-0.3, -0.25) is 29.3 Å². The Bertz CT molecular complexity index is 1200. The van der Waals surface area contributed by atoms with Crippen molar-refractivity contribution in [1.82, 2.24) is 35.6 Å². The van der Waals surface area contributed by atoms with Crippen molar-refractivity contribution >= 4 is 47.3 Å². The summed E-state index contributed by atoms with van der Waals surface area (Å²) in [6.45, 7) is 19.5. The lowest BCUT2D eigenvalue weighted by molar-refractivity contribution is -0.150. The molecule has 0 aromatic carbocycles. The van der Waals surface area contributed by atoms with Gasteiger partial charge in [-0.2, -0.15) is 11.8 Å². The number of aliphatic hydroxyl groups excluding tert-OH is 1. The highest BCUT2D eigenvalue weighted by Crippen LogP contribution is 2.21. The van der Waals surface area contributed by atoms with Crippen LogP contribution >= 0.6 is 11.8 Å². The second-order valence-corrected chi connectivity index (χ2v) is 15.4. The average Bonchev–Trinajstić information content (AvgIpc) is 3.12. The number of carbonyl (C=O) groups excluding carboxylic acids is 6. The Morgan fingerprint density at radius 1 is 0.792 bits per heavy atom. The molecule has 0 aliphatic heterocycles. The lowest BCUT2D eigenvalue weighted by Gasteiger charge is -2.38. The fourth-order valence-corrected chi connectivity index (χ4v) is 7.09. The number of nitrogens with one attached hydrogen (secondary N) is 3. The van der Waals surface area contributed by atoms with Crippen LogP contribution in [0.3, 0.4) is 0 Å². The van der Waals surface area contributed by atoms with Gasteiger partial charge in [0.15, 0.2) is 0 Å². The minimum atomic E-state index is -1.26. The van der Waals surface area contributed by atoms with Crippen molar-refractivity contribution in [1.29, 1.82) is 0 Å². The van der Waals surface area contributed by atoms with E-state index in [0.29, 0.717) is 18.6 Å². The van der Waals surface area contributed by atoms with E-state index < -0.39 is 59.9 Å². The second kappa shape index (κ2) is 25.8. The number of aliphatic hydroxyl groups is 1. The molecule has 4 N–H and O–H groups in total. The molecule has 7 amide bonds. The van der Waals surface area contributed by atoms with E-state index in [1.165, 1.54) is 54.7 Å². The lowest BCUT2D eigenvalue weighted by Crippen LogP contribution is -2.61. The van der Waals surface area contributed by atoms with Gasteiger partial charge < -0.3 is 35.3 Å². The summed E-state index contributed by atoms with van der Waals surface area (Å²) in [4.78, 5) is 87.3. The molecule has 0 aromatic rings. The van der Waals surface area contributed by atoms with Crippen LogP contribution in [0.1, 0.15) is 88.0 Å². The van der Waals surface area contributed by atoms with Gasteiger partial charge in [0.2, 0.25) is 23.6 Å². The van der Waals surface area contributed by atoms with Crippen molar-refractivity contribution in [2.24, 2.45) is 17.8 Å². The van der Waals surface area contributed by atoms with E-state index in [1.807, 2.05) is 46.8 Å². The summed E-state index contributed by atoms with van der Waals surface area (Å²) >= 11 is 1.51. The van der Waals surface area contributed by atoms with Crippen LogP contribution in [0.15, 0.2) is 12.2 Å². The summed E-state index contributed by atoms with van der Waals surface area (Å²) in [6, 6.07) is -5.05. The molecule has 0 rings (SSSR count). The summed E-state index contributed by atoms with van der Waals surface area (Å²) < 4.78 is 0. The zero-order chi connectivity index (χ0) is 41.0. The van der Waals surface area contributed by atoms with E-state index in [2.05, 4.69) is 34.7 Å². The summed E-state index contributed by atoms with van der Waals surface area (Å²) in [5.41, 5.74) is 0. The first-order chi connectivity index (χ1) is 24.9. The molecular weight excluding hydrogens is 699 g/mol. The van der Waals surface area contributed by atoms with Gasteiger partial charge in [0, 0.05) is 52.7 Å². The van der Waals surface area contributed by atoms with Crippen molar-refractivity contribution in [3.05, 3.63) is 12.2 Å². The smallest absolute Gasteiger partial charge is 0.321 e. The highest BCUT2D eigenvalue weighted by atomic mass is 32.2. The van der Waals surface area contributed by atoms with Crippen LogP contribution in [0.25, 0.3) is 0 Å². The summed E-state index contributed by atoms with van der Waals surface area (Å²) in [7, 11) is 5.88. The molecule has 15 heteroatoms. The number of urea groups is 1. The third-order valence-electron chi connectivity index (χ3n) is 9.84. The molecule has 0 bridgehead atoms. The molecule has 0 saturated heterocycles. The van der Waals surface area contributed by atoms with Crippen molar-refractivity contribution in [3.8, 4) is 0 Å². The summed E-state index contributed by atoms with van der Waals surface area (Å²) in [5, 5.41) is 18.9. The standard InChI is InChI=1S/C38H71N7O7S/c1-14-19-20-27(9)33(47)32(43(12)30(46)23-25(6)7)35(49)40-28(16-3)36(50)42(11)29(24-53-22-21-45(17-4)18-5)37(51)44(13)31(26(8)15-2)34(48)41-38(52)39-10/h14,19,25-29,31-33,47H,15-18,20-24H2,1-13H3,(H,40,49)(H2,39,41,48,52)/b19-14+/t26?,27-,28+,29-,31+,32+,33-/m1/s1. The SMILES string of the molecule is C/C=C/C[C@@H](C)[C@@H](O)[C@@H](C(=O)N[C@@H](CC)C(=O)N(C)[C@H](CSCCN(CC)CC)C(=O)N(C)[C@H](C(=O)NC(=O)NC)C(C)CC)N(C)C(=O)CC(C)C. The Labute approximate surface area is 323 Å². The number of likely N-dealkylation sites (N-methyl/N-ethyl adjacent to an activating group) is 3. The molecule has 0 spiro atoms. The van der Waals surface area contributed by atoms with E-state index in [0.717, 1.165) is 19.6 Å². The molecular formula is C38H71N7O7S. The molecule has 0 fully saturated rings. The number of hydrogen-bond donors (Lipinski definition) is 4. The maximum Gasteiger partial charge on any atom is 0.321 e. The highest BCUT2D eigenvalue weighted by molar-refractivity contribution is 7.99. The van der Waals surface area contributed by atoms with Crippen molar-refractivity contribution in [2.75, 3.05) is 59.3 Å². The number of nitrogens with zero attached hydrogens (tertiary/aromatic N) is 4. The zero-order valence-corrected chi connectivity index (χ0v) is 35.5. The average molecular weight is 770 g/mol. The first kappa shape index (κ1) is 49.8. The lowest BCUT2D eigenvalue weighted by atomic mass is 9.92. The quantitative estimate of drug-likeness (QED) is 0.0852. The molecule has 7 atom stereocenters. The van der Waals surface area contributed by atoms with Gasteiger partial charge in [0.05, 0.1) is 6.10 Å². The summed E-state index contributed by atoms with van der Waals surface area (Å²) in [5.74, 6) is -2.39. The van der Waals surface area contributed by atoms with Crippen molar-refractivity contribution < 1.29 is 33.9 Å². The van der Waals surface area contributed by atoms with Crippen LogP contribution in [-0.4, -0.2) is 150 Å². The number of amides is 7. The second-order valence-electron chi connectivity index (χ2n) is 14.2. The minimum Gasteiger partial charge on any atom is -0.390 e. The third-order valence-corrected chi connectivity index (χ3v) is 10.9. The zero-order valence-electron chi connectivity index (χ0n) is 34.7. The van der Waals surface area contributed by atoms with Gasteiger partial charge in [-0.25, -0.2) is 4.79 Å². The number of hydrogen-bond acceptors (Lipinski definition) is 9. The number of allylic oxidation sites excluding steroid dienone is 2. The van der Waals surface area contributed by atoms with E-state index in [4.69, 9.17) is 0 Å². The molecule has 0 aliphatic rings. The van der Waals surface area contributed by atoms with Gasteiger partial charge in [-0.15, -0.1) is 0 Å². The largest absolute Gasteiger partial charge is 0.390 e. The Balaban J connectivity index is 6.68. The third kappa shape index (κ3) is 16.0. The molecule has 0 saturated carbocycles. The predicted molar refractivity (Wildman–Crippen MR) is 213 cm³/mol. The van der Waals surface area contributed by atoms with Gasteiger partial charge in [-0.05, 0) is 50.6 Å². The number of carbonyl (C=O) groups is 6. The fourth-order valence-electron chi connectivity index (χ4n) is 5.94. The van der Waals surface area contributed by atoms with Crippen LogP contribution < -0.4 is 16.0 Å². The molecule has 1 unspecified atom stereocenters. The molecule has 0 radical (unpaired) electrons. The molecule has 0 aromatic heterocycles. The molecule has 306 valence electrons. The maximum absolute atomic E-state index is 14.4. The topological polar surface area (TPSA) is 172 Å². The fraction of sp³-hybridized carbons (Fsp3) is 0.789. The van der Waals surface area contributed by atoms with Gasteiger partial charge in [0.1, 0.15) is 24.2 Å². The Morgan fingerprint density at radius 2 is 1.40 bits per heavy atom. The Hall–Kier alpha value is -3.17.